The molecule has 0 saturated heterocycles. The van der Waals surface area contributed by atoms with E-state index in [1.807, 2.05) is 0 Å². The van der Waals surface area contributed by atoms with Gasteiger partial charge in [0.05, 0.1) is 0 Å². The van der Waals surface area contributed by atoms with Crippen molar-refractivity contribution in [3.05, 3.63) is 6.33 Å². The molecule has 0 N–H and O–H groups in total. The summed E-state index contributed by atoms with van der Waals surface area (Å²) in [5, 5.41) is 0. The lowest BCUT2D eigenvalue weighted by Crippen LogP contribution is -1.98. The van der Waals surface area contributed by atoms with Gasteiger partial charge in [0.2, 0.25) is 0 Å². The zero-order valence-corrected chi connectivity index (χ0v) is 8.55. The van der Waals surface area contributed by atoms with Crippen molar-refractivity contribution in [2.75, 3.05) is 11.6 Å². The standard InChI is InChI=1S/C6H9ClN2S2/c1-5(2-7)3-10-6-8-4-9-11-6/h4-5H,2-3H2,1H3. The quantitative estimate of drug-likeness (QED) is 0.562. The van der Waals surface area contributed by atoms with Crippen LogP contribution >= 0.6 is 34.9 Å². The average Bonchev–Trinajstić information content (AvgIpc) is 2.52. The summed E-state index contributed by atoms with van der Waals surface area (Å²) in [6.45, 7) is 2.13. The lowest BCUT2D eigenvalue weighted by Gasteiger charge is -2.02. The maximum Gasteiger partial charge on any atom is 0.169 e. The number of nitrogens with zero attached hydrogens (tertiary/aromatic N) is 2. The van der Waals surface area contributed by atoms with E-state index in [0.29, 0.717) is 11.8 Å². The van der Waals surface area contributed by atoms with Crippen molar-refractivity contribution < 1.29 is 0 Å². The summed E-state index contributed by atoms with van der Waals surface area (Å²) in [5.41, 5.74) is 0. The second kappa shape index (κ2) is 4.95. The lowest BCUT2D eigenvalue weighted by atomic mass is 10.3. The molecule has 1 aromatic heterocycles. The zero-order valence-electron chi connectivity index (χ0n) is 6.16. The van der Waals surface area contributed by atoms with Crippen LogP contribution in [0.5, 0.6) is 0 Å². The van der Waals surface area contributed by atoms with Gasteiger partial charge >= 0.3 is 0 Å². The summed E-state index contributed by atoms with van der Waals surface area (Å²) in [7, 11) is 0. The van der Waals surface area contributed by atoms with E-state index in [2.05, 4.69) is 16.3 Å². The van der Waals surface area contributed by atoms with Crippen LogP contribution in [0.15, 0.2) is 10.7 Å². The molecule has 0 bridgehead atoms. The second-order valence-corrected chi connectivity index (χ2v) is 4.63. The van der Waals surface area contributed by atoms with Crippen LogP contribution in [0.2, 0.25) is 0 Å². The second-order valence-electron chi connectivity index (χ2n) is 2.28. The maximum atomic E-state index is 5.65. The number of alkyl halides is 1. The minimum atomic E-state index is 0.547. The Hall–Kier alpha value is 0.200. The maximum absolute atomic E-state index is 5.65. The van der Waals surface area contributed by atoms with Crippen molar-refractivity contribution in [1.29, 1.82) is 0 Å². The van der Waals surface area contributed by atoms with Crippen molar-refractivity contribution in [2.45, 2.75) is 11.3 Å². The van der Waals surface area contributed by atoms with Crippen LogP contribution in [0.1, 0.15) is 6.92 Å². The molecule has 11 heavy (non-hydrogen) atoms. The molecular formula is C6H9ClN2S2. The van der Waals surface area contributed by atoms with Crippen LogP contribution in [-0.2, 0) is 0 Å². The summed E-state index contributed by atoms with van der Waals surface area (Å²) >= 11 is 8.80. The highest BCUT2D eigenvalue weighted by Gasteiger charge is 2.02. The molecule has 0 radical (unpaired) electrons. The fourth-order valence-electron chi connectivity index (χ4n) is 0.485. The molecule has 0 aliphatic carbocycles. The number of aromatic nitrogens is 2. The number of rotatable bonds is 4. The van der Waals surface area contributed by atoms with Gasteiger partial charge in [0.15, 0.2) is 4.34 Å². The highest BCUT2D eigenvalue weighted by molar-refractivity contribution is 8.00. The SMILES string of the molecule is CC(CCl)CSc1ncns1. The first-order valence-corrected chi connectivity index (χ1v) is 5.57. The minimum Gasteiger partial charge on any atom is -0.216 e. The van der Waals surface area contributed by atoms with Gasteiger partial charge < -0.3 is 0 Å². The lowest BCUT2D eigenvalue weighted by molar-refractivity contribution is 0.759. The van der Waals surface area contributed by atoms with Crippen LogP contribution in [0.25, 0.3) is 0 Å². The molecule has 5 heteroatoms. The third-order valence-corrected chi connectivity index (χ3v) is 3.75. The number of hydrogen-bond donors (Lipinski definition) is 0. The normalized spacial score (nSPS) is 13.3. The number of halogens is 1. The molecule has 2 nitrogen and oxygen atoms in total. The van der Waals surface area contributed by atoms with E-state index in [1.165, 1.54) is 11.5 Å². The van der Waals surface area contributed by atoms with E-state index in [4.69, 9.17) is 11.6 Å². The van der Waals surface area contributed by atoms with Gasteiger partial charge in [-0.25, -0.2) is 4.98 Å². The monoisotopic (exact) mass is 208 g/mol. The first-order valence-electron chi connectivity index (χ1n) is 3.28. The van der Waals surface area contributed by atoms with Crippen LogP contribution in [0.4, 0.5) is 0 Å². The number of thioether (sulfide) groups is 1. The first-order chi connectivity index (χ1) is 5.33. The largest absolute Gasteiger partial charge is 0.216 e. The fraction of sp³-hybridized carbons (Fsp3) is 0.667. The number of hydrogen-bond acceptors (Lipinski definition) is 4. The predicted octanol–water partition coefficient (Wildman–Crippen LogP) is 2.51. The molecule has 0 fully saturated rings. The molecule has 1 heterocycles. The molecular weight excluding hydrogens is 200 g/mol. The van der Waals surface area contributed by atoms with E-state index in [-0.39, 0.29) is 0 Å². The summed E-state index contributed by atoms with van der Waals surface area (Å²) in [5.74, 6) is 2.29. The Morgan fingerprint density at radius 3 is 3.18 bits per heavy atom. The van der Waals surface area contributed by atoms with Gasteiger partial charge in [-0.3, -0.25) is 0 Å². The topological polar surface area (TPSA) is 25.8 Å². The van der Waals surface area contributed by atoms with E-state index in [0.717, 1.165) is 10.1 Å². The zero-order chi connectivity index (χ0) is 8.10. The van der Waals surface area contributed by atoms with Gasteiger partial charge in [-0.1, -0.05) is 18.7 Å². The van der Waals surface area contributed by atoms with Crippen molar-refractivity contribution >= 4 is 34.9 Å². The van der Waals surface area contributed by atoms with E-state index in [9.17, 15) is 0 Å². The molecule has 0 aliphatic rings. The van der Waals surface area contributed by atoms with Crippen LogP contribution < -0.4 is 0 Å². The third-order valence-electron chi connectivity index (χ3n) is 1.10. The van der Waals surface area contributed by atoms with E-state index in [1.54, 1.807) is 18.1 Å². The van der Waals surface area contributed by atoms with Gasteiger partial charge in [0.1, 0.15) is 6.33 Å². The van der Waals surface area contributed by atoms with Gasteiger partial charge in [0, 0.05) is 11.6 Å². The third kappa shape index (κ3) is 3.40. The predicted molar refractivity (Wildman–Crippen MR) is 50.5 cm³/mol. The minimum absolute atomic E-state index is 0.547. The van der Waals surface area contributed by atoms with Crippen LogP contribution in [0, 0.1) is 5.92 Å². The highest BCUT2D eigenvalue weighted by Crippen LogP contribution is 2.21. The highest BCUT2D eigenvalue weighted by atomic mass is 35.5. The van der Waals surface area contributed by atoms with Crippen molar-refractivity contribution in [3.8, 4) is 0 Å². The fourth-order valence-corrected chi connectivity index (χ4v) is 2.21. The summed E-state index contributed by atoms with van der Waals surface area (Å²) in [6.07, 6.45) is 1.58. The van der Waals surface area contributed by atoms with Gasteiger partial charge in [0.25, 0.3) is 0 Å². The molecule has 0 aromatic carbocycles. The molecule has 0 aliphatic heterocycles. The van der Waals surface area contributed by atoms with Crippen molar-refractivity contribution in [3.63, 3.8) is 0 Å². The smallest absolute Gasteiger partial charge is 0.169 e. The summed E-state index contributed by atoms with van der Waals surface area (Å²) in [6, 6.07) is 0. The Kier molecular flexibility index (Phi) is 4.18. The van der Waals surface area contributed by atoms with Crippen molar-refractivity contribution in [1.82, 2.24) is 9.36 Å². The Labute approximate surface area is 79.5 Å². The van der Waals surface area contributed by atoms with Gasteiger partial charge in [-0.2, -0.15) is 4.37 Å². The molecule has 0 spiro atoms. The first kappa shape index (κ1) is 9.29. The Morgan fingerprint density at radius 1 is 1.82 bits per heavy atom. The molecule has 1 rings (SSSR count). The Morgan fingerprint density at radius 2 is 2.64 bits per heavy atom. The van der Waals surface area contributed by atoms with Crippen molar-refractivity contribution in [2.24, 2.45) is 5.92 Å². The van der Waals surface area contributed by atoms with Crippen LogP contribution in [-0.4, -0.2) is 21.0 Å². The molecule has 0 amide bonds. The van der Waals surface area contributed by atoms with Gasteiger partial charge in [-0.15, -0.1) is 11.6 Å². The molecule has 1 unspecified atom stereocenters. The average molecular weight is 209 g/mol. The molecule has 0 saturated carbocycles. The van der Waals surface area contributed by atoms with Gasteiger partial charge in [-0.05, 0) is 17.5 Å². The Bertz CT molecular complexity index is 190. The Balaban J connectivity index is 2.23. The van der Waals surface area contributed by atoms with Crippen LogP contribution in [0.3, 0.4) is 0 Å². The van der Waals surface area contributed by atoms with E-state index < -0.39 is 0 Å². The molecule has 62 valence electrons. The molecule has 1 aromatic rings. The summed E-state index contributed by atoms with van der Waals surface area (Å²) in [4.78, 5) is 4.05. The summed E-state index contributed by atoms with van der Waals surface area (Å²) < 4.78 is 4.93. The molecule has 1 atom stereocenters. The van der Waals surface area contributed by atoms with E-state index >= 15 is 0 Å².